The molecule has 0 saturated heterocycles. The normalized spacial score (nSPS) is 13.4. The standard InChI is InChI=1S/C16H14ClFN2O3S2/c1-25(22,23)15-11-5-3-2-4-10(11)14(24-15)20-16(21)19-13-7-6-9(18)8-12(13)17/h3,5-8H,2,4H2,1H3,(H2,19,20,21). The summed E-state index contributed by atoms with van der Waals surface area (Å²) in [6.07, 6.45) is 6.24. The SMILES string of the molecule is CS(=O)(=O)c1sc(NC(=O)Nc2ccc(F)cc2Cl)c2c1C=CCC2. The number of benzene rings is 1. The fraction of sp³-hybridized carbons (Fsp3) is 0.188. The molecule has 2 amide bonds. The van der Waals surface area contributed by atoms with Crippen LogP contribution < -0.4 is 10.6 Å². The van der Waals surface area contributed by atoms with Gasteiger partial charge in [0.25, 0.3) is 0 Å². The Balaban J connectivity index is 1.87. The predicted molar refractivity (Wildman–Crippen MR) is 98.8 cm³/mol. The monoisotopic (exact) mass is 400 g/mol. The third-order valence-electron chi connectivity index (χ3n) is 3.60. The van der Waals surface area contributed by atoms with Crippen LogP contribution in [0.3, 0.4) is 0 Å². The number of hydrogen-bond donors (Lipinski definition) is 2. The maximum atomic E-state index is 13.1. The molecule has 0 bridgehead atoms. The van der Waals surface area contributed by atoms with Gasteiger partial charge in [-0.05, 0) is 36.6 Å². The van der Waals surface area contributed by atoms with E-state index < -0.39 is 21.7 Å². The number of allylic oxidation sites excluding steroid dienone is 1. The number of urea groups is 1. The molecule has 0 spiro atoms. The number of nitrogens with one attached hydrogen (secondary N) is 2. The zero-order valence-corrected chi connectivity index (χ0v) is 15.5. The van der Waals surface area contributed by atoms with Crippen molar-refractivity contribution >= 4 is 55.6 Å². The van der Waals surface area contributed by atoms with Gasteiger partial charge in [0.2, 0.25) is 0 Å². The second-order valence-electron chi connectivity index (χ2n) is 5.53. The number of halogens is 2. The molecular formula is C16H14ClFN2O3S2. The van der Waals surface area contributed by atoms with Crippen molar-refractivity contribution in [1.29, 1.82) is 0 Å². The van der Waals surface area contributed by atoms with E-state index in [0.717, 1.165) is 35.6 Å². The van der Waals surface area contributed by atoms with Crippen molar-refractivity contribution in [3.05, 3.63) is 46.2 Å². The van der Waals surface area contributed by atoms with Crippen LogP contribution in [-0.2, 0) is 16.3 Å². The van der Waals surface area contributed by atoms with Crippen LogP contribution >= 0.6 is 22.9 Å². The first kappa shape index (κ1) is 17.9. The van der Waals surface area contributed by atoms with Crippen LogP contribution in [0.5, 0.6) is 0 Å². The molecule has 25 heavy (non-hydrogen) atoms. The van der Waals surface area contributed by atoms with E-state index in [0.29, 0.717) is 17.0 Å². The van der Waals surface area contributed by atoms with Gasteiger partial charge in [0.15, 0.2) is 9.84 Å². The van der Waals surface area contributed by atoms with Crippen LogP contribution in [-0.4, -0.2) is 20.7 Å². The number of hydrogen-bond acceptors (Lipinski definition) is 4. The van der Waals surface area contributed by atoms with Gasteiger partial charge in [0.1, 0.15) is 15.0 Å². The van der Waals surface area contributed by atoms with E-state index in [4.69, 9.17) is 11.6 Å². The third-order valence-corrected chi connectivity index (χ3v) is 6.92. The Morgan fingerprint density at radius 1 is 1.32 bits per heavy atom. The van der Waals surface area contributed by atoms with Crippen LogP contribution in [0.15, 0.2) is 28.5 Å². The quantitative estimate of drug-likeness (QED) is 0.793. The van der Waals surface area contributed by atoms with E-state index >= 15 is 0 Å². The predicted octanol–water partition coefficient (Wildman–Crippen LogP) is 4.55. The summed E-state index contributed by atoms with van der Waals surface area (Å²) in [6.45, 7) is 0. The molecule has 1 aromatic carbocycles. The summed E-state index contributed by atoms with van der Waals surface area (Å²) >= 11 is 6.91. The van der Waals surface area contributed by atoms with Crippen molar-refractivity contribution in [2.45, 2.75) is 17.1 Å². The summed E-state index contributed by atoms with van der Waals surface area (Å²) in [6, 6.07) is 3.05. The maximum Gasteiger partial charge on any atom is 0.324 e. The number of anilines is 2. The van der Waals surface area contributed by atoms with Crippen molar-refractivity contribution in [2.24, 2.45) is 0 Å². The largest absolute Gasteiger partial charge is 0.324 e. The fourth-order valence-electron chi connectivity index (χ4n) is 2.52. The topological polar surface area (TPSA) is 75.3 Å². The number of fused-ring (bicyclic) bond motifs is 1. The molecule has 0 atom stereocenters. The van der Waals surface area contributed by atoms with Crippen LogP contribution in [0.2, 0.25) is 5.02 Å². The van der Waals surface area contributed by atoms with Crippen molar-refractivity contribution in [3.63, 3.8) is 0 Å². The molecule has 2 aromatic rings. The lowest BCUT2D eigenvalue weighted by atomic mass is 10.0. The molecular weight excluding hydrogens is 387 g/mol. The first-order valence-corrected chi connectivity index (χ1v) is 10.4. The molecule has 2 N–H and O–H groups in total. The molecule has 0 fully saturated rings. The summed E-state index contributed by atoms with van der Waals surface area (Å²) < 4.78 is 37.2. The van der Waals surface area contributed by atoms with Crippen LogP contribution in [0.4, 0.5) is 19.9 Å². The van der Waals surface area contributed by atoms with Crippen LogP contribution in [0.25, 0.3) is 6.08 Å². The van der Waals surface area contributed by atoms with Gasteiger partial charge >= 0.3 is 6.03 Å². The van der Waals surface area contributed by atoms with E-state index in [2.05, 4.69) is 10.6 Å². The molecule has 1 aliphatic carbocycles. The Hall–Kier alpha value is -1.90. The van der Waals surface area contributed by atoms with E-state index in [-0.39, 0.29) is 14.9 Å². The lowest BCUT2D eigenvalue weighted by Gasteiger charge is -2.11. The van der Waals surface area contributed by atoms with Gasteiger partial charge in [0, 0.05) is 11.8 Å². The minimum absolute atomic E-state index is 0.0723. The van der Waals surface area contributed by atoms with Crippen molar-refractivity contribution in [1.82, 2.24) is 0 Å². The van der Waals surface area contributed by atoms with Crippen LogP contribution in [0, 0.1) is 5.82 Å². The third kappa shape index (κ3) is 3.86. The Morgan fingerprint density at radius 2 is 2.08 bits per heavy atom. The molecule has 3 rings (SSSR count). The summed E-state index contributed by atoms with van der Waals surface area (Å²) in [5.41, 5.74) is 1.69. The van der Waals surface area contributed by atoms with Gasteiger partial charge in [-0.3, -0.25) is 5.32 Å². The van der Waals surface area contributed by atoms with Gasteiger partial charge in [-0.2, -0.15) is 0 Å². The minimum Gasteiger partial charge on any atom is -0.306 e. The van der Waals surface area contributed by atoms with Crippen molar-refractivity contribution < 1.29 is 17.6 Å². The van der Waals surface area contributed by atoms with E-state index in [1.54, 1.807) is 6.08 Å². The highest BCUT2D eigenvalue weighted by Gasteiger charge is 2.25. The van der Waals surface area contributed by atoms with Gasteiger partial charge in [-0.15, -0.1) is 11.3 Å². The van der Waals surface area contributed by atoms with E-state index in [9.17, 15) is 17.6 Å². The Bertz CT molecular complexity index is 984. The van der Waals surface area contributed by atoms with Crippen LogP contribution in [0.1, 0.15) is 17.5 Å². The molecule has 0 saturated carbocycles. The average Bonchev–Trinajstić information content (AvgIpc) is 2.89. The first-order valence-electron chi connectivity index (χ1n) is 7.31. The maximum absolute atomic E-state index is 13.1. The molecule has 5 nitrogen and oxygen atoms in total. The number of amides is 2. The zero-order chi connectivity index (χ0) is 18.2. The molecule has 0 radical (unpaired) electrons. The average molecular weight is 401 g/mol. The molecule has 1 heterocycles. The lowest BCUT2D eigenvalue weighted by molar-refractivity contribution is 0.262. The Kier molecular flexibility index (Phi) is 4.86. The first-order chi connectivity index (χ1) is 11.8. The molecule has 1 aromatic heterocycles. The Labute approximate surface area is 153 Å². The second-order valence-corrected chi connectivity index (χ2v) is 9.17. The molecule has 9 heteroatoms. The summed E-state index contributed by atoms with van der Waals surface area (Å²) in [7, 11) is -3.40. The van der Waals surface area contributed by atoms with Gasteiger partial charge in [-0.1, -0.05) is 23.8 Å². The lowest BCUT2D eigenvalue weighted by Crippen LogP contribution is -2.19. The fourth-order valence-corrected chi connectivity index (χ4v) is 5.15. The van der Waals surface area contributed by atoms with Gasteiger partial charge < -0.3 is 5.32 Å². The van der Waals surface area contributed by atoms with E-state index in [1.807, 2.05) is 6.08 Å². The number of carbonyl (C=O) groups is 1. The summed E-state index contributed by atoms with van der Waals surface area (Å²) in [4.78, 5) is 12.2. The number of rotatable bonds is 3. The van der Waals surface area contributed by atoms with Gasteiger partial charge in [-0.25, -0.2) is 17.6 Å². The minimum atomic E-state index is -3.40. The molecule has 1 aliphatic rings. The zero-order valence-electron chi connectivity index (χ0n) is 13.1. The second kappa shape index (κ2) is 6.78. The van der Waals surface area contributed by atoms with Crippen molar-refractivity contribution in [2.75, 3.05) is 16.9 Å². The molecule has 0 aliphatic heterocycles. The highest BCUT2D eigenvalue weighted by molar-refractivity contribution is 7.93. The number of carbonyl (C=O) groups excluding carboxylic acids is 1. The number of thiophene rings is 1. The molecule has 132 valence electrons. The summed E-state index contributed by atoms with van der Waals surface area (Å²) in [5, 5.41) is 5.76. The molecule has 0 unspecified atom stereocenters. The van der Waals surface area contributed by atoms with Gasteiger partial charge in [0.05, 0.1) is 10.7 Å². The highest BCUT2D eigenvalue weighted by Crippen LogP contribution is 2.40. The number of sulfone groups is 1. The van der Waals surface area contributed by atoms with E-state index in [1.165, 1.54) is 12.1 Å². The summed E-state index contributed by atoms with van der Waals surface area (Å²) in [5.74, 6) is -0.507. The van der Waals surface area contributed by atoms with Crippen molar-refractivity contribution in [3.8, 4) is 0 Å². The Morgan fingerprint density at radius 3 is 2.76 bits per heavy atom. The highest BCUT2D eigenvalue weighted by atomic mass is 35.5. The smallest absolute Gasteiger partial charge is 0.306 e.